The van der Waals surface area contributed by atoms with E-state index >= 15 is 0 Å². The molecule has 0 saturated carbocycles. The van der Waals surface area contributed by atoms with Gasteiger partial charge in [0.05, 0.1) is 6.61 Å². The fourth-order valence-electron chi connectivity index (χ4n) is 3.32. The van der Waals surface area contributed by atoms with E-state index in [9.17, 15) is 5.11 Å². The van der Waals surface area contributed by atoms with E-state index in [1.54, 1.807) is 0 Å². The summed E-state index contributed by atoms with van der Waals surface area (Å²) >= 11 is 0. The number of ether oxygens (including phenoxy) is 1. The van der Waals surface area contributed by atoms with Crippen molar-refractivity contribution in [2.24, 2.45) is 5.41 Å². The minimum absolute atomic E-state index is 0.0470. The van der Waals surface area contributed by atoms with E-state index in [4.69, 9.17) is 4.74 Å². The number of aliphatic hydroxyl groups is 1. The number of hydrogen-bond acceptors (Lipinski definition) is 5. The van der Waals surface area contributed by atoms with Crippen LogP contribution in [0.5, 0.6) is 0 Å². The number of aromatic nitrogens is 1. The van der Waals surface area contributed by atoms with E-state index in [2.05, 4.69) is 20.9 Å². The summed E-state index contributed by atoms with van der Waals surface area (Å²) in [7, 11) is 0. The molecule has 0 amide bonds. The number of anilines is 1. The van der Waals surface area contributed by atoms with Crippen molar-refractivity contribution in [1.82, 2.24) is 9.88 Å². The Bertz CT molecular complexity index is 426. The molecule has 0 bridgehead atoms. The maximum absolute atomic E-state index is 9.80. The lowest BCUT2D eigenvalue weighted by Gasteiger charge is -2.43. The Balaban J connectivity index is 1.53. The van der Waals surface area contributed by atoms with Gasteiger partial charge in [0.25, 0.3) is 0 Å². The summed E-state index contributed by atoms with van der Waals surface area (Å²) in [5.74, 6) is 1.07. The van der Waals surface area contributed by atoms with Gasteiger partial charge >= 0.3 is 0 Å². The van der Waals surface area contributed by atoms with Gasteiger partial charge in [0.1, 0.15) is 5.82 Å². The zero-order chi connectivity index (χ0) is 14.5. The fourth-order valence-corrected chi connectivity index (χ4v) is 3.32. The Morgan fingerprint density at radius 2 is 1.90 bits per heavy atom. The van der Waals surface area contributed by atoms with Crippen molar-refractivity contribution < 1.29 is 9.84 Å². The summed E-state index contributed by atoms with van der Waals surface area (Å²) in [5.41, 5.74) is 0.0470. The first kappa shape index (κ1) is 14.8. The maximum atomic E-state index is 9.80. The van der Waals surface area contributed by atoms with Gasteiger partial charge in [-0.05, 0) is 25.0 Å². The fraction of sp³-hybridized carbons (Fsp3) is 0.688. The summed E-state index contributed by atoms with van der Waals surface area (Å²) in [6, 6.07) is 6.07. The molecule has 3 heterocycles. The van der Waals surface area contributed by atoms with E-state index in [0.717, 1.165) is 64.6 Å². The van der Waals surface area contributed by atoms with Gasteiger partial charge in [0.2, 0.25) is 0 Å². The predicted molar refractivity (Wildman–Crippen MR) is 82.5 cm³/mol. The van der Waals surface area contributed by atoms with Gasteiger partial charge in [-0.2, -0.15) is 0 Å². The van der Waals surface area contributed by atoms with Crippen LogP contribution in [-0.2, 0) is 4.74 Å². The van der Waals surface area contributed by atoms with Gasteiger partial charge in [-0.25, -0.2) is 4.98 Å². The Morgan fingerprint density at radius 3 is 2.52 bits per heavy atom. The molecule has 0 aromatic carbocycles. The van der Waals surface area contributed by atoms with Crippen LogP contribution >= 0.6 is 0 Å². The molecular formula is C16H25N3O2. The van der Waals surface area contributed by atoms with Gasteiger partial charge < -0.3 is 14.7 Å². The molecule has 0 unspecified atom stereocenters. The van der Waals surface area contributed by atoms with E-state index in [1.807, 2.05) is 18.3 Å². The third-order valence-electron chi connectivity index (χ3n) is 4.79. The van der Waals surface area contributed by atoms with Crippen LogP contribution in [0.15, 0.2) is 24.4 Å². The maximum Gasteiger partial charge on any atom is 0.128 e. The Labute approximate surface area is 126 Å². The molecule has 3 rings (SSSR count). The molecule has 2 aliphatic rings. The average Bonchev–Trinajstić information content (AvgIpc) is 2.57. The normalized spacial score (nSPS) is 23.2. The Morgan fingerprint density at radius 1 is 1.14 bits per heavy atom. The number of aliphatic hydroxyl groups excluding tert-OH is 1. The summed E-state index contributed by atoms with van der Waals surface area (Å²) in [6.45, 7) is 6.94. The van der Waals surface area contributed by atoms with Crippen LogP contribution in [0.3, 0.4) is 0 Å². The quantitative estimate of drug-likeness (QED) is 0.896. The molecule has 1 aromatic heterocycles. The summed E-state index contributed by atoms with van der Waals surface area (Å²) in [5, 5.41) is 9.80. The third kappa shape index (κ3) is 3.54. The molecule has 1 aromatic rings. The molecule has 116 valence electrons. The van der Waals surface area contributed by atoms with Crippen LogP contribution in [0.4, 0.5) is 5.82 Å². The molecule has 21 heavy (non-hydrogen) atoms. The van der Waals surface area contributed by atoms with Gasteiger partial charge in [0.15, 0.2) is 0 Å². The van der Waals surface area contributed by atoms with Crippen LogP contribution < -0.4 is 4.90 Å². The summed E-state index contributed by atoms with van der Waals surface area (Å²) in [4.78, 5) is 9.25. The topological polar surface area (TPSA) is 48.8 Å². The molecule has 0 spiro atoms. The highest BCUT2D eigenvalue weighted by atomic mass is 16.5. The number of hydrogen-bond donors (Lipinski definition) is 1. The lowest BCUT2D eigenvalue weighted by Crippen LogP contribution is -2.52. The van der Waals surface area contributed by atoms with E-state index in [1.165, 1.54) is 0 Å². The second-order valence-electron chi connectivity index (χ2n) is 6.22. The number of nitrogens with zero attached hydrogens (tertiary/aromatic N) is 3. The second-order valence-corrected chi connectivity index (χ2v) is 6.22. The third-order valence-corrected chi connectivity index (χ3v) is 4.79. The van der Waals surface area contributed by atoms with Crippen LogP contribution in [-0.4, -0.2) is 67.5 Å². The molecular weight excluding hydrogens is 266 g/mol. The van der Waals surface area contributed by atoms with E-state index < -0.39 is 0 Å². The van der Waals surface area contributed by atoms with E-state index in [-0.39, 0.29) is 12.0 Å². The summed E-state index contributed by atoms with van der Waals surface area (Å²) < 4.78 is 5.44. The molecule has 1 N–H and O–H groups in total. The lowest BCUT2D eigenvalue weighted by molar-refractivity contribution is -0.0348. The van der Waals surface area contributed by atoms with Gasteiger partial charge in [-0.15, -0.1) is 0 Å². The minimum Gasteiger partial charge on any atom is -0.396 e. The molecule has 5 heteroatoms. The van der Waals surface area contributed by atoms with Gasteiger partial charge in [-0.3, -0.25) is 4.90 Å². The van der Waals surface area contributed by atoms with E-state index in [0.29, 0.717) is 0 Å². The molecule has 2 fully saturated rings. The molecule has 2 saturated heterocycles. The molecule has 0 aliphatic carbocycles. The zero-order valence-electron chi connectivity index (χ0n) is 12.6. The molecule has 0 atom stereocenters. The number of piperazine rings is 1. The van der Waals surface area contributed by atoms with Crippen LogP contribution in [0.25, 0.3) is 0 Å². The zero-order valence-corrected chi connectivity index (χ0v) is 12.6. The van der Waals surface area contributed by atoms with Gasteiger partial charge in [0, 0.05) is 57.5 Å². The largest absolute Gasteiger partial charge is 0.396 e. The van der Waals surface area contributed by atoms with Crippen LogP contribution in [0, 0.1) is 5.41 Å². The highest BCUT2D eigenvalue weighted by molar-refractivity contribution is 5.38. The molecule has 0 radical (unpaired) electrons. The smallest absolute Gasteiger partial charge is 0.128 e. The van der Waals surface area contributed by atoms with Crippen molar-refractivity contribution >= 4 is 5.82 Å². The van der Waals surface area contributed by atoms with Crippen LogP contribution in [0.2, 0.25) is 0 Å². The second kappa shape index (κ2) is 6.73. The predicted octanol–water partition coefficient (Wildman–Crippen LogP) is 0.993. The SMILES string of the molecule is OCC1(CN2CCN(c3ccccn3)CC2)CCOCC1. The van der Waals surface area contributed by atoms with Crippen molar-refractivity contribution in [3.8, 4) is 0 Å². The first-order chi connectivity index (χ1) is 10.3. The van der Waals surface area contributed by atoms with Crippen molar-refractivity contribution in [3.05, 3.63) is 24.4 Å². The first-order valence-corrected chi connectivity index (χ1v) is 7.88. The summed E-state index contributed by atoms with van der Waals surface area (Å²) in [6.07, 6.45) is 3.80. The standard InChI is InChI=1S/C16H25N3O2/c20-14-16(4-11-21-12-5-16)13-18-7-9-19(10-8-18)15-3-1-2-6-17-15/h1-3,6,20H,4-5,7-14H2. The van der Waals surface area contributed by atoms with Crippen LogP contribution in [0.1, 0.15) is 12.8 Å². The van der Waals surface area contributed by atoms with Crippen molar-refractivity contribution in [2.45, 2.75) is 12.8 Å². The highest BCUT2D eigenvalue weighted by Gasteiger charge is 2.34. The number of pyridine rings is 1. The molecule has 2 aliphatic heterocycles. The average molecular weight is 291 g/mol. The highest BCUT2D eigenvalue weighted by Crippen LogP contribution is 2.31. The lowest BCUT2D eigenvalue weighted by atomic mass is 9.80. The Kier molecular flexibility index (Phi) is 4.73. The van der Waals surface area contributed by atoms with Crippen molar-refractivity contribution in [2.75, 3.05) is 57.4 Å². The first-order valence-electron chi connectivity index (χ1n) is 7.88. The number of rotatable bonds is 4. The molecule has 5 nitrogen and oxygen atoms in total. The monoisotopic (exact) mass is 291 g/mol. The van der Waals surface area contributed by atoms with Gasteiger partial charge in [-0.1, -0.05) is 6.07 Å². The van der Waals surface area contributed by atoms with Crippen molar-refractivity contribution in [3.63, 3.8) is 0 Å². The Hall–Kier alpha value is -1.17. The van der Waals surface area contributed by atoms with Crippen molar-refractivity contribution in [1.29, 1.82) is 0 Å². The minimum atomic E-state index is 0.0470.